The molecule has 0 bridgehead atoms. The van der Waals surface area contributed by atoms with Crippen LogP contribution in [0, 0.1) is 5.92 Å². The first-order chi connectivity index (χ1) is 12.3. The van der Waals surface area contributed by atoms with Crippen molar-refractivity contribution in [2.45, 2.75) is 26.3 Å². The molecule has 0 spiro atoms. The molecule has 0 amide bonds. The van der Waals surface area contributed by atoms with Gasteiger partial charge >= 0.3 is 0 Å². The SMILES string of the molecule is CCNC(=NCc1ccc(N2CCC(CO)CC2)cc1)NCCOC. The largest absolute Gasteiger partial charge is 0.396 e. The number of piperidine rings is 1. The van der Waals surface area contributed by atoms with Crippen molar-refractivity contribution in [3.05, 3.63) is 29.8 Å². The third-order valence-corrected chi connectivity index (χ3v) is 4.54. The Balaban J connectivity index is 1.87. The molecule has 1 aliphatic rings. The summed E-state index contributed by atoms with van der Waals surface area (Å²) in [5.74, 6) is 1.29. The number of nitrogens with one attached hydrogen (secondary N) is 2. The van der Waals surface area contributed by atoms with Gasteiger partial charge in [-0.25, -0.2) is 4.99 Å². The molecule has 0 aliphatic carbocycles. The molecule has 6 heteroatoms. The summed E-state index contributed by atoms with van der Waals surface area (Å²) < 4.78 is 5.05. The lowest BCUT2D eigenvalue weighted by Crippen LogP contribution is -2.38. The van der Waals surface area contributed by atoms with Crippen LogP contribution >= 0.6 is 0 Å². The van der Waals surface area contributed by atoms with Crippen LogP contribution in [-0.2, 0) is 11.3 Å². The minimum Gasteiger partial charge on any atom is -0.396 e. The Hall–Kier alpha value is -1.79. The quantitative estimate of drug-likeness (QED) is 0.378. The van der Waals surface area contributed by atoms with Gasteiger partial charge in [0.2, 0.25) is 0 Å². The van der Waals surface area contributed by atoms with Gasteiger partial charge in [0.05, 0.1) is 13.2 Å². The van der Waals surface area contributed by atoms with Crippen molar-refractivity contribution in [2.24, 2.45) is 10.9 Å². The second-order valence-electron chi connectivity index (χ2n) is 6.39. The second-order valence-corrected chi connectivity index (χ2v) is 6.39. The minimum atomic E-state index is 0.317. The summed E-state index contributed by atoms with van der Waals surface area (Å²) in [7, 11) is 1.69. The van der Waals surface area contributed by atoms with Crippen molar-refractivity contribution in [3.8, 4) is 0 Å². The van der Waals surface area contributed by atoms with Gasteiger partial charge in [-0.15, -0.1) is 0 Å². The maximum absolute atomic E-state index is 9.25. The van der Waals surface area contributed by atoms with Crippen LogP contribution in [0.5, 0.6) is 0 Å². The zero-order valence-corrected chi connectivity index (χ0v) is 15.5. The van der Waals surface area contributed by atoms with Crippen LogP contribution < -0.4 is 15.5 Å². The normalized spacial score (nSPS) is 16.1. The Kier molecular flexibility index (Phi) is 8.55. The lowest BCUT2D eigenvalue weighted by atomic mass is 9.97. The van der Waals surface area contributed by atoms with E-state index in [-0.39, 0.29) is 0 Å². The summed E-state index contributed by atoms with van der Waals surface area (Å²) in [6.07, 6.45) is 2.14. The summed E-state index contributed by atoms with van der Waals surface area (Å²) in [6, 6.07) is 8.65. The molecule has 3 N–H and O–H groups in total. The van der Waals surface area contributed by atoms with Crippen molar-refractivity contribution in [3.63, 3.8) is 0 Å². The number of aliphatic imine (C=N–C) groups is 1. The zero-order valence-electron chi connectivity index (χ0n) is 15.5. The van der Waals surface area contributed by atoms with Crippen LogP contribution in [0.25, 0.3) is 0 Å². The molecule has 25 heavy (non-hydrogen) atoms. The maximum Gasteiger partial charge on any atom is 0.191 e. The van der Waals surface area contributed by atoms with E-state index in [9.17, 15) is 5.11 Å². The Bertz CT molecular complexity index is 511. The van der Waals surface area contributed by atoms with Crippen LogP contribution in [0.2, 0.25) is 0 Å². The van der Waals surface area contributed by atoms with Crippen molar-refractivity contribution in [1.82, 2.24) is 10.6 Å². The number of nitrogens with zero attached hydrogens (tertiary/aromatic N) is 2. The van der Waals surface area contributed by atoms with Crippen molar-refractivity contribution < 1.29 is 9.84 Å². The van der Waals surface area contributed by atoms with Crippen LogP contribution in [0.15, 0.2) is 29.3 Å². The lowest BCUT2D eigenvalue weighted by molar-refractivity contribution is 0.203. The molecule has 1 aliphatic heterocycles. The number of ether oxygens (including phenoxy) is 1. The van der Waals surface area contributed by atoms with Crippen molar-refractivity contribution >= 4 is 11.6 Å². The number of hydrogen-bond acceptors (Lipinski definition) is 4. The summed E-state index contributed by atoms with van der Waals surface area (Å²) in [5.41, 5.74) is 2.45. The van der Waals surface area contributed by atoms with Crippen LogP contribution in [0.3, 0.4) is 0 Å². The third kappa shape index (κ3) is 6.55. The molecule has 0 radical (unpaired) electrons. The van der Waals surface area contributed by atoms with Gasteiger partial charge < -0.3 is 25.4 Å². The van der Waals surface area contributed by atoms with E-state index in [1.165, 1.54) is 11.3 Å². The molecule has 140 valence electrons. The van der Waals surface area contributed by atoms with Gasteiger partial charge in [0.1, 0.15) is 0 Å². The topological polar surface area (TPSA) is 69.1 Å². The number of benzene rings is 1. The highest BCUT2D eigenvalue weighted by atomic mass is 16.5. The molecule has 1 saturated heterocycles. The first-order valence-corrected chi connectivity index (χ1v) is 9.22. The molecule has 6 nitrogen and oxygen atoms in total. The third-order valence-electron chi connectivity index (χ3n) is 4.54. The molecule has 1 fully saturated rings. The molecule has 1 aromatic carbocycles. The number of guanidine groups is 1. The first kappa shape index (κ1) is 19.5. The van der Waals surface area contributed by atoms with Gasteiger partial charge in [0, 0.05) is 45.6 Å². The number of hydrogen-bond donors (Lipinski definition) is 3. The van der Waals surface area contributed by atoms with Crippen LogP contribution in [-0.4, -0.2) is 57.6 Å². The number of methoxy groups -OCH3 is 1. The van der Waals surface area contributed by atoms with E-state index in [2.05, 4.69) is 51.7 Å². The van der Waals surface area contributed by atoms with E-state index >= 15 is 0 Å². The van der Waals surface area contributed by atoms with E-state index in [1.54, 1.807) is 7.11 Å². The predicted molar refractivity (Wildman–Crippen MR) is 103 cm³/mol. The summed E-state index contributed by atoms with van der Waals surface area (Å²) in [5, 5.41) is 15.7. The van der Waals surface area contributed by atoms with Crippen LogP contribution in [0.1, 0.15) is 25.3 Å². The fraction of sp³-hybridized carbons (Fsp3) is 0.632. The van der Waals surface area contributed by atoms with E-state index < -0.39 is 0 Å². The molecule has 2 rings (SSSR count). The number of aliphatic hydroxyl groups excluding tert-OH is 1. The van der Waals surface area contributed by atoms with E-state index in [1.807, 2.05) is 0 Å². The smallest absolute Gasteiger partial charge is 0.191 e. The molecular weight excluding hydrogens is 316 g/mol. The standard InChI is InChI=1S/C19H32N4O2/c1-3-20-19(21-10-13-25-2)22-14-16-4-6-18(7-5-16)23-11-8-17(15-24)9-12-23/h4-7,17,24H,3,8-15H2,1-2H3,(H2,20,21,22). The van der Waals surface area contributed by atoms with Gasteiger partial charge in [-0.3, -0.25) is 0 Å². The highest BCUT2D eigenvalue weighted by molar-refractivity contribution is 5.79. The zero-order chi connectivity index (χ0) is 17.9. The highest BCUT2D eigenvalue weighted by Crippen LogP contribution is 2.23. The van der Waals surface area contributed by atoms with Crippen LogP contribution in [0.4, 0.5) is 5.69 Å². The number of aliphatic hydroxyl groups is 1. The average Bonchev–Trinajstić information content (AvgIpc) is 2.67. The number of rotatable bonds is 8. The summed E-state index contributed by atoms with van der Waals surface area (Å²) in [4.78, 5) is 7.01. The lowest BCUT2D eigenvalue weighted by Gasteiger charge is -2.32. The fourth-order valence-corrected chi connectivity index (χ4v) is 2.97. The molecule has 0 atom stereocenters. The molecule has 1 aromatic rings. The van der Waals surface area contributed by atoms with Gasteiger partial charge in [-0.05, 0) is 43.4 Å². The first-order valence-electron chi connectivity index (χ1n) is 9.22. The Morgan fingerprint density at radius 1 is 1.24 bits per heavy atom. The number of anilines is 1. The fourth-order valence-electron chi connectivity index (χ4n) is 2.97. The van der Waals surface area contributed by atoms with Crippen molar-refractivity contribution in [1.29, 1.82) is 0 Å². The molecule has 0 saturated carbocycles. The van der Waals surface area contributed by atoms with Gasteiger partial charge in [0.15, 0.2) is 5.96 Å². The average molecular weight is 348 g/mol. The van der Waals surface area contributed by atoms with E-state index in [4.69, 9.17) is 4.74 Å². The summed E-state index contributed by atoms with van der Waals surface area (Å²) >= 11 is 0. The molecule has 0 aromatic heterocycles. The monoisotopic (exact) mass is 348 g/mol. The van der Waals surface area contributed by atoms with Gasteiger partial charge in [-0.1, -0.05) is 12.1 Å². The molecule has 0 unspecified atom stereocenters. The Morgan fingerprint density at radius 3 is 2.56 bits per heavy atom. The van der Waals surface area contributed by atoms with E-state index in [0.717, 1.165) is 45.0 Å². The molecule has 1 heterocycles. The Labute approximate surface area is 151 Å². The Morgan fingerprint density at radius 2 is 1.96 bits per heavy atom. The van der Waals surface area contributed by atoms with Gasteiger partial charge in [0.25, 0.3) is 0 Å². The predicted octanol–water partition coefficient (Wildman–Crippen LogP) is 1.60. The highest BCUT2D eigenvalue weighted by Gasteiger charge is 2.18. The van der Waals surface area contributed by atoms with Gasteiger partial charge in [-0.2, -0.15) is 0 Å². The minimum absolute atomic E-state index is 0.317. The summed E-state index contributed by atoms with van der Waals surface area (Å²) in [6.45, 7) is 7.31. The van der Waals surface area contributed by atoms with E-state index in [0.29, 0.717) is 25.7 Å². The maximum atomic E-state index is 9.25. The van der Waals surface area contributed by atoms with Crippen molar-refractivity contribution in [2.75, 3.05) is 51.4 Å². The second kappa shape index (κ2) is 10.9. The molecular formula is C19H32N4O2.